The summed E-state index contributed by atoms with van der Waals surface area (Å²) in [5.74, 6) is -3.36. The van der Waals surface area contributed by atoms with Crippen molar-refractivity contribution in [2.24, 2.45) is 0 Å². The van der Waals surface area contributed by atoms with Gasteiger partial charge in [-0.1, -0.05) is 0 Å². The highest BCUT2D eigenvalue weighted by Crippen LogP contribution is 2.45. The molecule has 2 atom stereocenters. The van der Waals surface area contributed by atoms with Gasteiger partial charge in [-0.15, -0.1) is 0 Å². The average Bonchev–Trinajstić information content (AvgIpc) is 2.67. The van der Waals surface area contributed by atoms with Crippen LogP contribution in [0.25, 0.3) is 0 Å². The molecule has 2 rings (SSSR count). The van der Waals surface area contributed by atoms with Gasteiger partial charge in [-0.2, -0.15) is 0 Å². The monoisotopic (exact) mass is 560 g/mol. The van der Waals surface area contributed by atoms with Crippen molar-refractivity contribution in [3.8, 4) is 0 Å². The van der Waals surface area contributed by atoms with Gasteiger partial charge in [-0.25, -0.2) is 0 Å². The molecule has 0 bridgehead atoms. The molecule has 0 spiro atoms. The Bertz CT molecular complexity index is 671. The fourth-order valence-corrected chi connectivity index (χ4v) is 4.59. The second kappa shape index (κ2) is 6.31. The van der Waals surface area contributed by atoms with Crippen LogP contribution in [0.3, 0.4) is 0 Å². The predicted molar refractivity (Wildman–Crippen MR) is 88.2 cm³/mol. The Morgan fingerprint density at radius 1 is 1.00 bits per heavy atom. The summed E-state index contributed by atoms with van der Waals surface area (Å²) < 4.78 is 1.59. The van der Waals surface area contributed by atoms with Crippen molar-refractivity contribution in [1.82, 2.24) is 4.90 Å². The predicted octanol–water partition coefficient (Wildman–Crippen LogP) is 1.83. The smallest absolute Gasteiger partial charge is 0.263 e. The van der Waals surface area contributed by atoms with Crippen LogP contribution in [0.15, 0.2) is 17.9 Å². The van der Waals surface area contributed by atoms with Crippen LogP contribution in [0.4, 0.5) is 0 Å². The maximum absolute atomic E-state index is 12.5. The summed E-state index contributed by atoms with van der Waals surface area (Å²) >= 11 is 12.9. The molecule has 1 heterocycles. The van der Waals surface area contributed by atoms with Gasteiger partial charge in [0.1, 0.15) is 6.04 Å². The molecule has 1 aliphatic rings. The van der Waals surface area contributed by atoms with Crippen molar-refractivity contribution >= 4 is 81.5 Å². The van der Waals surface area contributed by atoms with E-state index in [4.69, 9.17) is 0 Å². The summed E-state index contributed by atoms with van der Waals surface area (Å²) in [5, 5.41) is 20.8. The summed E-state index contributed by atoms with van der Waals surface area (Å²) in [6, 6.07) is -1.77. The van der Waals surface area contributed by atoms with E-state index in [1.807, 2.05) is 0 Å². The first-order valence-corrected chi connectivity index (χ1v) is 8.91. The van der Waals surface area contributed by atoms with Crippen LogP contribution in [-0.4, -0.2) is 39.9 Å². The van der Waals surface area contributed by atoms with E-state index >= 15 is 0 Å². The number of carboxylic acid groups (broad SMARTS) is 1. The second-order valence-electron chi connectivity index (χ2n) is 4.49. The van der Waals surface area contributed by atoms with Crippen LogP contribution < -0.4 is 5.11 Å². The molecule has 0 saturated carbocycles. The maximum atomic E-state index is 12.5. The number of aliphatic carboxylic acids is 1. The molecule has 0 aromatic heterocycles. The van der Waals surface area contributed by atoms with Crippen molar-refractivity contribution in [3.63, 3.8) is 0 Å². The van der Waals surface area contributed by atoms with E-state index in [1.165, 1.54) is 6.92 Å². The largest absolute Gasteiger partial charge is 0.548 e. The molecule has 0 fully saturated rings. The lowest BCUT2D eigenvalue weighted by atomic mass is 10.1. The third kappa shape index (κ3) is 2.58. The minimum absolute atomic E-state index is 0.0128. The van der Waals surface area contributed by atoms with Gasteiger partial charge in [0.05, 0.1) is 23.2 Å². The van der Waals surface area contributed by atoms with E-state index in [-0.39, 0.29) is 11.1 Å². The fourth-order valence-electron chi connectivity index (χ4n) is 2.14. The lowest BCUT2D eigenvalue weighted by Gasteiger charge is -2.29. The minimum Gasteiger partial charge on any atom is -0.548 e. The normalized spacial score (nSPS) is 16.7. The molecule has 1 N–H and O–H groups in total. The second-order valence-corrected chi connectivity index (χ2v) is 7.66. The molecule has 0 unspecified atom stereocenters. The van der Waals surface area contributed by atoms with Crippen molar-refractivity contribution < 1.29 is 24.6 Å². The molecule has 1 aliphatic heterocycles. The van der Waals surface area contributed by atoms with Crippen LogP contribution in [0.2, 0.25) is 0 Å². The Morgan fingerprint density at radius 3 is 1.64 bits per heavy atom. The third-order valence-corrected chi connectivity index (χ3v) is 7.88. The first-order chi connectivity index (χ1) is 10.1. The molecule has 22 heavy (non-hydrogen) atoms. The highest BCUT2D eigenvalue weighted by molar-refractivity contribution is 9.15. The molecule has 0 radical (unpaired) electrons. The number of benzene rings is 1. The van der Waals surface area contributed by atoms with Crippen molar-refractivity contribution in [1.29, 1.82) is 0 Å². The number of hydrogen-bond donors (Lipinski definition) is 1. The number of aliphatic hydroxyl groups is 1. The quantitative estimate of drug-likeness (QED) is 0.344. The van der Waals surface area contributed by atoms with Gasteiger partial charge in [-0.3, -0.25) is 14.5 Å². The molecular formula is C12H6Br4NO5-. The Hall–Kier alpha value is -0.290. The first kappa shape index (κ1) is 18.1. The minimum atomic E-state index is -1.77. The van der Waals surface area contributed by atoms with E-state index in [0.717, 1.165) is 0 Å². The molecule has 0 saturated heterocycles. The summed E-state index contributed by atoms with van der Waals surface area (Å²) in [7, 11) is 0. The number of rotatable bonds is 3. The number of halogens is 4. The number of amides is 2. The lowest BCUT2D eigenvalue weighted by Crippen LogP contribution is -2.55. The Balaban J connectivity index is 2.71. The number of fused-ring (bicyclic) bond motifs is 1. The number of hydrogen-bond acceptors (Lipinski definition) is 5. The van der Waals surface area contributed by atoms with Gasteiger partial charge in [0.25, 0.3) is 11.8 Å². The first-order valence-electron chi connectivity index (χ1n) is 5.74. The van der Waals surface area contributed by atoms with Gasteiger partial charge >= 0.3 is 0 Å². The number of imide groups is 1. The molecule has 2 amide bonds. The zero-order chi connectivity index (χ0) is 16.9. The van der Waals surface area contributed by atoms with Crippen LogP contribution in [0.5, 0.6) is 0 Å². The zero-order valence-electron chi connectivity index (χ0n) is 10.7. The summed E-state index contributed by atoms with van der Waals surface area (Å²) in [6.45, 7) is 1.17. The van der Waals surface area contributed by atoms with Gasteiger partial charge in [-0.05, 0) is 70.6 Å². The number of aliphatic hydroxyl groups excluding tert-OH is 1. The van der Waals surface area contributed by atoms with Crippen molar-refractivity contribution in [2.45, 2.75) is 19.1 Å². The van der Waals surface area contributed by atoms with Crippen molar-refractivity contribution in [2.75, 3.05) is 0 Å². The molecule has 118 valence electrons. The number of carbonyl (C=O) groups is 3. The lowest BCUT2D eigenvalue weighted by molar-refractivity contribution is -0.312. The third-order valence-electron chi connectivity index (χ3n) is 3.11. The van der Waals surface area contributed by atoms with Gasteiger partial charge < -0.3 is 15.0 Å². The number of nitrogens with zero attached hydrogens (tertiary/aromatic N) is 1. The Morgan fingerprint density at radius 2 is 1.36 bits per heavy atom. The van der Waals surface area contributed by atoms with Crippen LogP contribution in [0.1, 0.15) is 27.6 Å². The van der Waals surface area contributed by atoms with Crippen LogP contribution in [-0.2, 0) is 4.79 Å². The number of carbonyl (C=O) groups excluding carboxylic acids is 3. The van der Waals surface area contributed by atoms with E-state index in [0.29, 0.717) is 22.8 Å². The average molecular weight is 564 g/mol. The van der Waals surface area contributed by atoms with E-state index in [9.17, 15) is 24.6 Å². The molecule has 10 heteroatoms. The molecular weight excluding hydrogens is 558 g/mol. The highest BCUT2D eigenvalue weighted by atomic mass is 79.9. The molecule has 1 aromatic rings. The summed E-state index contributed by atoms with van der Waals surface area (Å²) in [6.07, 6.45) is -1.48. The molecule has 0 aliphatic carbocycles. The summed E-state index contributed by atoms with van der Waals surface area (Å²) in [4.78, 5) is 36.7. The zero-order valence-corrected chi connectivity index (χ0v) is 17.0. The fraction of sp³-hybridized carbons (Fsp3) is 0.250. The van der Waals surface area contributed by atoms with Crippen LogP contribution >= 0.6 is 63.7 Å². The van der Waals surface area contributed by atoms with Gasteiger partial charge in [0.2, 0.25) is 0 Å². The van der Waals surface area contributed by atoms with Crippen molar-refractivity contribution in [3.05, 3.63) is 29.0 Å². The maximum Gasteiger partial charge on any atom is 0.263 e. The van der Waals surface area contributed by atoms with Gasteiger partial charge in [0, 0.05) is 17.9 Å². The van der Waals surface area contributed by atoms with E-state index in [2.05, 4.69) is 63.7 Å². The number of carboxylic acids is 1. The highest BCUT2D eigenvalue weighted by Gasteiger charge is 2.45. The molecule has 6 nitrogen and oxygen atoms in total. The summed E-state index contributed by atoms with van der Waals surface area (Å²) in [5.41, 5.74) is 0.0256. The van der Waals surface area contributed by atoms with Crippen LogP contribution in [0, 0.1) is 0 Å². The molecule has 1 aromatic carbocycles. The standard InChI is InChI=1S/C12H7Br4NO5/c1-2(18)9(12(21)22)17-10(19)3-4(11(17)20)6(14)8(16)7(15)5(3)13/h2,9,18H,1H3,(H,21,22)/p-1/t2-,9-/m0/s1. The van der Waals surface area contributed by atoms with Gasteiger partial charge in [0.15, 0.2) is 0 Å². The topological polar surface area (TPSA) is 97.7 Å². The van der Waals surface area contributed by atoms with E-state index in [1.54, 1.807) is 0 Å². The SMILES string of the molecule is C[C@H](O)[C@@H](C(=O)[O-])N1C(=O)c2c(Br)c(Br)c(Br)c(Br)c2C1=O. The Kier molecular flexibility index (Phi) is 5.18. The Labute approximate surface area is 158 Å². The van der Waals surface area contributed by atoms with E-state index < -0.39 is 29.9 Å².